The van der Waals surface area contributed by atoms with Crippen LogP contribution in [0.2, 0.25) is 0 Å². The van der Waals surface area contributed by atoms with Crippen LogP contribution in [0, 0.1) is 0 Å². The Morgan fingerprint density at radius 1 is 0.947 bits per heavy atom. The molecule has 19 heavy (non-hydrogen) atoms. The Labute approximate surface area is 120 Å². The van der Waals surface area contributed by atoms with Gasteiger partial charge in [-0.3, -0.25) is 0 Å². The number of rotatable bonds is 4. The zero-order valence-electron chi connectivity index (χ0n) is 10.0. The highest BCUT2D eigenvalue weighted by Crippen LogP contribution is 2.33. The van der Waals surface area contributed by atoms with Crippen molar-refractivity contribution in [3.63, 3.8) is 0 Å². The molecule has 0 unspecified atom stereocenters. The van der Waals surface area contributed by atoms with Gasteiger partial charge in [-0.15, -0.1) is 0 Å². The fraction of sp³-hybridized carbons (Fsp3) is 0.0833. The molecule has 1 aliphatic heterocycles. The molecule has 0 radical (unpaired) electrons. The molecule has 1 aliphatic rings. The van der Waals surface area contributed by atoms with Crippen LogP contribution >= 0.6 is 20.7 Å². The lowest BCUT2D eigenvalue weighted by atomic mass is 10.0. The van der Waals surface area contributed by atoms with Crippen molar-refractivity contribution in [3.05, 3.63) is 51.3 Å². The molecule has 1 aromatic carbocycles. The van der Waals surface area contributed by atoms with E-state index in [1.54, 1.807) is 30.3 Å². The van der Waals surface area contributed by atoms with Gasteiger partial charge < -0.3 is 21.1 Å². The molecule has 1 heterocycles. The third kappa shape index (κ3) is 3.01. The zero-order valence-corrected chi connectivity index (χ0v) is 12.2. The van der Waals surface area contributed by atoms with Crippen LogP contribution in [-0.2, 0) is 10.5 Å². The second-order valence-corrected chi connectivity index (χ2v) is 6.34. The molecule has 0 saturated carbocycles. The van der Waals surface area contributed by atoms with E-state index in [-0.39, 0.29) is 0 Å². The average Bonchev–Trinajstić information content (AvgIpc) is 2.47. The minimum atomic E-state index is -1.02. The summed E-state index contributed by atoms with van der Waals surface area (Å²) in [6, 6.07) is 7.04. The molecule has 0 fully saturated rings. The summed E-state index contributed by atoms with van der Waals surface area (Å²) in [5.41, 5.74) is 12.2. The van der Waals surface area contributed by atoms with Gasteiger partial charge in [0.1, 0.15) is 11.4 Å². The molecule has 0 atom stereocenters. The summed E-state index contributed by atoms with van der Waals surface area (Å²) < 4.78 is 2.90. The first-order valence-corrected chi connectivity index (χ1v) is 7.71. The highest BCUT2D eigenvalue weighted by molar-refractivity contribution is 14.2. The van der Waals surface area contributed by atoms with Gasteiger partial charge in [-0.2, -0.15) is 11.8 Å². The predicted molar refractivity (Wildman–Crippen MR) is 82.8 cm³/mol. The lowest BCUT2D eigenvalue weighted by molar-refractivity contribution is 0.244. The van der Waals surface area contributed by atoms with Gasteiger partial charge in [0.25, 0.3) is 0 Å². The maximum atomic E-state index is 6.23. The van der Waals surface area contributed by atoms with Gasteiger partial charge in [0.15, 0.2) is 5.76 Å². The van der Waals surface area contributed by atoms with Crippen LogP contribution in [0.1, 0.15) is 5.56 Å². The standard InChI is InChI=1S/C12H15IN4O2/c14-12(15,8-1-3-9(18-16)4-2-8)11-6-5-10(19-17)7-13-11/h1-7H,14-17H2. The van der Waals surface area contributed by atoms with E-state index in [1.165, 1.54) is 0 Å². The number of halogens is 1. The molecule has 7 heteroatoms. The maximum absolute atomic E-state index is 6.23. The number of benzene rings is 1. The van der Waals surface area contributed by atoms with Crippen molar-refractivity contribution < 1.29 is 9.68 Å². The van der Waals surface area contributed by atoms with Gasteiger partial charge in [0, 0.05) is 7.59 Å². The molecule has 2 rings (SSSR count). The molecule has 0 bridgehead atoms. The normalized spacial score (nSPS) is 15.2. The Hall–Kier alpha value is -1.26. The molecular formula is C12H15IN4O2. The van der Waals surface area contributed by atoms with Crippen molar-refractivity contribution in [1.82, 2.24) is 0 Å². The molecule has 0 spiro atoms. The smallest absolute Gasteiger partial charge is 0.152 e. The molecule has 6 nitrogen and oxygen atoms in total. The monoisotopic (exact) mass is 374 g/mol. The highest BCUT2D eigenvalue weighted by Gasteiger charge is 2.27. The van der Waals surface area contributed by atoms with E-state index in [4.69, 9.17) is 23.3 Å². The summed E-state index contributed by atoms with van der Waals surface area (Å²) >= 11 is -0.468. The quantitative estimate of drug-likeness (QED) is 0.345. The first kappa shape index (κ1) is 14.2. The molecule has 0 amide bonds. The van der Waals surface area contributed by atoms with Crippen molar-refractivity contribution >= 4 is 24.7 Å². The third-order valence-corrected chi connectivity index (χ3v) is 5.52. The molecule has 0 aliphatic carbocycles. The summed E-state index contributed by atoms with van der Waals surface area (Å²) in [4.78, 5) is 9.28. The van der Waals surface area contributed by atoms with Gasteiger partial charge in [-0.05, 0) is 29.8 Å². The lowest BCUT2D eigenvalue weighted by Gasteiger charge is -2.27. The fourth-order valence-corrected chi connectivity index (χ4v) is 3.79. The summed E-state index contributed by atoms with van der Waals surface area (Å²) in [6.07, 6.45) is 3.62. The molecule has 0 saturated heterocycles. The van der Waals surface area contributed by atoms with E-state index >= 15 is 0 Å². The van der Waals surface area contributed by atoms with Crippen molar-refractivity contribution in [3.8, 4) is 5.75 Å². The van der Waals surface area contributed by atoms with E-state index in [0.29, 0.717) is 11.5 Å². The second kappa shape index (κ2) is 5.80. The second-order valence-electron chi connectivity index (χ2n) is 3.93. The average molecular weight is 374 g/mol. The summed E-state index contributed by atoms with van der Waals surface area (Å²) in [5.74, 6) is 11.4. The van der Waals surface area contributed by atoms with E-state index < -0.39 is 26.4 Å². The Morgan fingerprint density at radius 3 is 2.11 bits per heavy atom. The summed E-state index contributed by atoms with van der Waals surface area (Å²) in [5, 5.41) is 0. The van der Waals surface area contributed by atoms with E-state index in [9.17, 15) is 0 Å². The predicted octanol–water partition coefficient (Wildman–Crippen LogP) is 0.454. The number of hydrogen-bond donors (Lipinski definition) is 4. The first-order valence-electron chi connectivity index (χ1n) is 5.38. The SMILES string of the molecule is NOC1=CC=C(C(N)(N)c2ccc(ON)cc2)I=C1. The van der Waals surface area contributed by atoms with Crippen LogP contribution in [0.4, 0.5) is 0 Å². The molecule has 1 aromatic rings. The van der Waals surface area contributed by atoms with Crippen LogP contribution in [0.3, 0.4) is 0 Å². The highest BCUT2D eigenvalue weighted by atomic mass is 127. The van der Waals surface area contributed by atoms with Crippen molar-refractivity contribution in [2.45, 2.75) is 5.66 Å². The number of nitrogens with two attached hydrogens (primary N) is 4. The van der Waals surface area contributed by atoms with Gasteiger partial charge in [-0.25, -0.2) is 0 Å². The molecule has 8 N–H and O–H groups in total. The summed E-state index contributed by atoms with van der Waals surface area (Å²) in [7, 11) is 0. The van der Waals surface area contributed by atoms with Gasteiger partial charge in [0.2, 0.25) is 0 Å². The fourth-order valence-electron chi connectivity index (χ4n) is 1.58. The first-order chi connectivity index (χ1) is 9.07. The molecule has 102 valence electrons. The van der Waals surface area contributed by atoms with E-state index in [1.807, 2.05) is 10.1 Å². The van der Waals surface area contributed by atoms with Gasteiger partial charge in [0.05, 0.1) is 0 Å². The largest absolute Gasteiger partial charge is 0.412 e. The van der Waals surface area contributed by atoms with Crippen molar-refractivity contribution in [2.24, 2.45) is 23.3 Å². The van der Waals surface area contributed by atoms with Crippen molar-refractivity contribution in [2.75, 3.05) is 0 Å². The molecule has 0 aromatic heterocycles. The Balaban J connectivity index is 2.30. The van der Waals surface area contributed by atoms with Crippen molar-refractivity contribution in [1.29, 1.82) is 0 Å². The Morgan fingerprint density at radius 2 is 1.63 bits per heavy atom. The van der Waals surface area contributed by atoms with Crippen LogP contribution in [0.5, 0.6) is 5.75 Å². The van der Waals surface area contributed by atoms with Crippen LogP contribution < -0.4 is 28.1 Å². The number of hydrogen-bond acceptors (Lipinski definition) is 6. The minimum absolute atomic E-state index is 0.468. The van der Waals surface area contributed by atoms with Crippen LogP contribution in [0.15, 0.2) is 45.8 Å². The van der Waals surface area contributed by atoms with Gasteiger partial charge in [-0.1, -0.05) is 32.9 Å². The Bertz CT molecular complexity index is 549. The van der Waals surface area contributed by atoms with Gasteiger partial charge >= 0.3 is 0 Å². The summed E-state index contributed by atoms with van der Waals surface area (Å²) in [6.45, 7) is 0. The zero-order chi connectivity index (χ0) is 13.9. The van der Waals surface area contributed by atoms with Crippen LogP contribution in [-0.4, -0.2) is 4.01 Å². The van der Waals surface area contributed by atoms with E-state index in [2.05, 4.69) is 9.68 Å². The van der Waals surface area contributed by atoms with E-state index in [0.717, 1.165) is 9.14 Å². The molecular weight excluding hydrogens is 359 g/mol. The Kier molecular flexibility index (Phi) is 4.32. The third-order valence-electron chi connectivity index (χ3n) is 2.67. The lowest BCUT2D eigenvalue weighted by Crippen LogP contribution is -2.46. The topological polar surface area (TPSA) is 123 Å². The minimum Gasteiger partial charge on any atom is -0.412 e. The van der Waals surface area contributed by atoms with Crippen LogP contribution in [0.25, 0.3) is 0 Å². The number of allylic oxidation sites excluding steroid dienone is 3. The maximum Gasteiger partial charge on any atom is 0.152 e.